The fourth-order valence-electron chi connectivity index (χ4n) is 3.57. The first-order valence-corrected chi connectivity index (χ1v) is 8.55. The van der Waals surface area contributed by atoms with E-state index in [1.165, 1.54) is 6.07 Å². The van der Waals surface area contributed by atoms with Crippen molar-refractivity contribution in [3.8, 4) is 11.4 Å². The highest BCUT2D eigenvalue weighted by atomic mass is 19.4. The molecule has 1 amide bonds. The van der Waals surface area contributed by atoms with E-state index in [0.717, 1.165) is 28.9 Å². The highest BCUT2D eigenvalue weighted by Gasteiger charge is 2.35. The highest BCUT2D eigenvalue weighted by molar-refractivity contribution is 5.97. The number of nitrogens with zero attached hydrogens (tertiary/aromatic N) is 2. The van der Waals surface area contributed by atoms with Crippen LogP contribution in [0, 0.1) is 0 Å². The van der Waals surface area contributed by atoms with Crippen LogP contribution < -0.4 is 4.90 Å². The number of benzene rings is 2. The number of amides is 1. The van der Waals surface area contributed by atoms with Gasteiger partial charge < -0.3 is 9.88 Å². The lowest BCUT2D eigenvalue weighted by Crippen LogP contribution is -2.39. The fraction of sp³-hybridized carbons (Fsp3) is 0.300. The molecule has 27 heavy (non-hydrogen) atoms. The number of hydrogen-bond donors (Lipinski definition) is 1. The number of hydrogen-bond acceptors (Lipinski definition) is 2. The van der Waals surface area contributed by atoms with Gasteiger partial charge >= 0.3 is 6.18 Å². The molecule has 0 spiro atoms. The summed E-state index contributed by atoms with van der Waals surface area (Å²) in [7, 11) is 1.75. The van der Waals surface area contributed by atoms with Crippen LogP contribution in [0.5, 0.6) is 0 Å². The van der Waals surface area contributed by atoms with Crippen LogP contribution in [0.4, 0.5) is 18.9 Å². The first-order valence-electron chi connectivity index (χ1n) is 8.55. The van der Waals surface area contributed by atoms with Gasteiger partial charge in [0.2, 0.25) is 5.91 Å². The maximum atomic E-state index is 12.9. The summed E-state index contributed by atoms with van der Waals surface area (Å²) in [6, 6.07) is 9.11. The number of aromatic amines is 1. The maximum absolute atomic E-state index is 12.9. The molecule has 1 aliphatic heterocycles. The van der Waals surface area contributed by atoms with E-state index in [1.807, 2.05) is 32.0 Å². The van der Waals surface area contributed by atoms with Crippen molar-refractivity contribution in [3.63, 3.8) is 0 Å². The molecule has 0 saturated carbocycles. The van der Waals surface area contributed by atoms with E-state index < -0.39 is 11.7 Å². The van der Waals surface area contributed by atoms with Gasteiger partial charge in [-0.3, -0.25) is 4.79 Å². The van der Waals surface area contributed by atoms with Crippen molar-refractivity contribution in [1.29, 1.82) is 0 Å². The molecule has 3 aromatic rings. The minimum absolute atomic E-state index is 0.0590. The molecule has 0 bridgehead atoms. The van der Waals surface area contributed by atoms with E-state index in [2.05, 4.69) is 9.97 Å². The summed E-state index contributed by atoms with van der Waals surface area (Å²) in [5.74, 6) is 0.561. The summed E-state index contributed by atoms with van der Waals surface area (Å²) in [6.45, 7) is 4.02. The Labute approximate surface area is 154 Å². The van der Waals surface area contributed by atoms with E-state index in [9.17, 15) is 18.0 Å². The number of rotatable bonds is 1. The Hall–Kier alpha value is -2.83. The van der Waals surface area contributed by atoms with E-state index in [4.69, 9.17) is 0 Å². The fourth-order valence-corrected chi connectivity index (χ4v) is 3.57. The lowest BCUT2D eigenvalue weighted by molar-refractivity contribution is -0.137. The SMILES string of the molecule is CN1C(=O)CC(C)(C)c2cc(-c3nc4ccc(C(F)(F)F)cc4[nH]3)ccc21. The number of aromatic nitrogens is 2. The first-order chi connectivity index (χ1) is 12.6. The lowest BCUT2D eigenvalue weighted by atomic mass is 9.77. The van der Waals surface area contributed by atoms with E-state index in [-0.39, 0.29) is 11.3 Å². The molecule has 140 valence electrons. The van der Waals surface area contributed by atoms with Gasteiger partial charge in [0.25, 0.3) is 0 Å². The van der Waals surface area contributed by atoms with Crippen molar-refractivity contribution < 1.29 is 18.0 Å². The van der Waals surface area contributed by atoms with E-state index in [1.54, 1.807) is 11.9 Å². The summed E-state index contributed by atoms with van der Waals surface area (Å²) in [6.07, 6.45) is -4.00. The largest absolute Gasteiger partial charge is 0.416 e. The predicted octanol–water partition coefficient (Wildman–Crippen LogP) is 4.89. The van der Waals surface area contributed by atoms with Crippen LogP contribution in [0.15, 0.2) is 36.4 Å². The molecule has 1 aromatic heterocycles. The average molecular weight is 373 g/mol. The zero-order chi connectivity index (χ0) is 19.6. The van der Waals surface area contributed by atoms with Gasteiger partial charge in [-0.15, -0.1) is 0 Å². The molecule has 0 fully saturated rings. The summed E-state index contributed by atoms with van der Waals surface area (Å²) >= 11 is 0. The minimum Gasteiger partial charge on any atom is -0.338 e. The molecule has 0 saturated heterocycles. The lowest BCUT2D eigenvalue weighted by Gasteiger charge is -2.37. The molecule has 1 aliphatic rings. The van der Waals surface area contributed by atoms with Crippen molar-refractivity contribution in [2.75, 3.05) is 11.9 Å². The molecule has 4 rings (SSSR count). The van der Waals surface area contributed by atoms with Crippen LogP contribution in [-0.2, 0) is 16.4 Å². The van der Waals surface area contributed by atoms with Gasteiger partial charge in [-0.1, -0.05) is 13.8 Å². The molecule has 7 heteroatoms. The molecule has 0 aliphatic carbocycles. The number of anilines is 1. The Balaban J connectivity index is 1.82. The zero-order valence-corrected chi connectivity index (χ0v) is 15.1. The number of fused-ring (bicyclic) bond motifs is 2. The quantitative estimate of drug-likeness (QED) is 0.660. The van der Waals surface area contributed by atoms with E-state index >= 15 is 0 Å². The van der Waals surface area contributed by atoms with Gasteiger partial charge in [0.05, 0.1) is 16.6 Å². The number of alkyl halides is 3. The van der Waals surface area contributed by atoms with Crippen LogP contribution in [0.2, 0.25) is 0 Å². The number of carbonyl (C=O) groups excluding carboxylic acids is 1. The average Bonchev–Trinajstić information content (AvgIpc) is 3.01. The number of imidazole rings is 1. The van der Waals surface area contributed by atoms with Gasteiger partial charge in [-0.25, -0.2) is 4.98 Å². The molecule has 2 heterocycles. The van der Waals surface area contributed by atoms with Crippen LogP contribution in [0.3, 0.4) is 0 Å². The number of halogens is 3. The van der Waals surface area contributed by atoms with Crippen molar-refractivity contribution in [2.45, 2.75) is 31.9 Å². The Morgan fingerprint density at radius 2 is 1.89 bits per heavy atom. The molecular formula is C20H18F3N3O. The Morgan fingerprint density at radius 1 is 1.15 bits per heavy atom. The predicted molar refractivity (Wildman–Crippen MR) is 97.6 cm³/mol. The number of carbonyl (C=O) groups is 1. The zero-order valence-electron chi connectivity index (χ0n) is 15.1. The standard InChI is InChI=1S/C20H18F3N3O/c1-19(2)10-17(27)26(3)16-7-4-11(8-13(16)19)18-24-14-6-5-12(20(21,22)23)9-15(14)25-18/h4-9H,10H2,1-3H3,(H,24,25). The number of nitrogens with one attached hydrogen (secondary N) is 1. The second kappa shape index (κ2) is 5.58. The van der Waals surface area contributed by atoms with Crippen molar-refractivity contribution in [3.05, 3.63) is 47.5 Å². The van der Waals surface area contributed by atoms with Crippen molar-refractivity contribution >= 4 is 22.6 Å². The smallest absolute Gasteiger partial charge is 0.338 e. The minimum atomic E-state index is -4.40. The molecule has 2 aromatic carbocycles. The van der Waals surface area contributed by atoms with Gasteiger partial charge in [0.15, 0.2) is 0 Å². The first kappa shape index (κ1) is 17.6. The van der Waals surface area contributed by atoms with Gasteiger partial charge in [-0.05, 0) is 42.0 Å². The molecular weight excluding hydrogens is 355 g/mol. The van der Waals surface area contributed by atoms with Gasteiger partial charge in [0, 0.05) is 30.1 Å². The highest BCUT2D eigenvalue weighted by Crippen LogP contribution is 2.41. The maximum Gasteiger partial charge on any atom is 0.416 e. The number of H-pyrrole nitrogens is 1. The van der Waals surface area contributed by atoms with Crippen molar-refractivity contribution in [1.82, 2.24) is 9.97 Å². The normalized spacial score (nSPS) is 16.7. The molecule has 0 radical (unpaired) electrons. The molecule has 0 unspecified atom stereocenters. The van der Waals surface area contributed by atoms with Gasteiger partial charge in [-0.2, -0.15) is 13.2 Å². The topological polar surface area (TPSA) is 49.0 Å². The molecule has 4 nitrogen and oxygen atoms in total. The summed E-state index contributed by atoms with van der Waals surface area (Å²) < 4.78 is 38.8. The van der Waals surface area contributed by atoms with E-state index in [0.29, 0.717) is 23.3 Å². The third kappa shape index (κ3) is 2.87. The third-order valence-corrected chi connectivity index (χ3v) is 5.14. The van der Waals surface area contributed by atoms with Crippen LogP contribution in [0.1, 0.15) is 31.4 Å². The Morgan fingerprint density at radius 3 is 2.59 bits per heavy atom. The molecule has 1 N–H and O–H groups in total. The second-order valence-corrected chi connectivity index (χ2v) is 7.56. The Bertz CT molecular complexity index is 1070. The summed E-state index contributed by atoms with van der Waals surface area (Å²) in [5, 5.41) is 0. The monoisotopic (exact) mass is 373 g/mol. The van der Waals surface area contributed by atoms with Gasteiger partial charge in [0.1, 0.15) is 5.82 Å². The van der Waals surface area contributed by atoms with Crippen LogP contribution in [0.25, 0.3) is 22.4 Å². The second-order valence-electron chi connectivity index (χ2n) is 7.56. The summed E-state index contributed by atoms with van der Waals surface area (Å²) in [5.41, 5.74) is 2.40. The van der Waals surface area contributed by atoms with Crippen LogP contribution >= 0.6 is 0 Å². The third-order valence-electron chi connectivity index (χ3n) is 5.14. The van der Waals surface area contributed by atoms with Crippen molar-refractivity contribution in [2.24, 2.45) is 0 Å². The Kier molecular flexibility index (Phi) is 3.63. The summed E-state index contributed by atoms with van der Waals surface area (Å²) in [4.78, 5) is 21.2. The van der Waals surface area contributed by atoms with Crippen LogP contribution in [-0.4, -0.2) is 22.9 Å². The molecule has 0 atom stereocenters.